The van der Waals surface area contributed by atoms with Crippen molar-refractivity contribution in [3.05, 3.63) is 46.3 Å². The molecule has 11 heteroatoms. The molecule has 178 valence electrons. The maximum atomic E-state index is 14.2. The summed E-state index contributed by atoms with van der Waals surface area (Å²) >= 11 is 1.76. The standard InChI is InChI=1S/C23H25FN6O3S/c24-17-11-26-18-1-2-20(31)30-16(13-33-22(17)21(18)30)12-29-5-3-14(4-6-29)25-10-15-9-19-23(28-27-15)32-7-8-34-19/h1-2,9,11,14,16,25H,3-8,10,12-13H2/t16-/m1/s1. The third-order valence-electron chi connectivity index (χ3n) is 6.62. The molecule has 1 N–H and O–H groups in total. The van der Waals surface area contributed by atoms with Gasteiger partial charge >= 0.3 is 0 Å². The summed E-state index contributed by atoms with van der Waals surface area (Å²) in [6, 6.07) is 5.40. The molecule has 0 saturated carbocycles. The van der Waals surface area contributed by atoms with Gasteiger partial charge in [0.1, 0.15) is 12.1 Å². The number of fused-ring (bicyclic) bond motifs is 1. The van der Waals surface area contributed by atoms with Crippen LogP contribution in [0.1, 0.15) is 24.6 Å². The molecule has 1 atom stereocenters. The molecule has 0 aromatic carbocycles. The van der Waals surface area contributed by atoms with Crippen molar-refractivity contribution in [1.29, 1.82) is 0 Å². The van der Waals surface area contributed by atoms with Crippen LogP contribution in [0.5, 0.6) is 11.6 Å². The summed E-state index contributed by atoms with van der Waals surface area (Å²) in [6.07, 6.45) is 3.14. The Morgan fingerprint density at radius 1 is 1.21 bits per heavy atom. The van der Waals surface area contributed by atoms with E-state index in [9.17, 15) is 9.18 Å². The van der Waals surface area contributed by atoms with Crippen LogP contribution in [0.15, 0.2) is 34.1 Å². The molecule has 3 aromatic heterocycles. The number of ether oxygens (including phenoxy) is 2. The van der Waals surface area contributed by atoms with E-state index in [0.717, 1.165) is 48.5 Å². The van der Waals surface area contributed by atoms with Gasteiger partial charge in [0.05, 0.1) is 35.0 Å². The van der Waals surface area contributed by atoms with Gasteiger partial charge < -0.3 is 19.7 Å². The number of halogens is 1. The summed E-state index contributed by atoms with van der Waals surface area (Å²) < 4.78 is 27.2. The van der Waals surface area contributed by atoms with Gasteiger partial charge in [-0.15, -0.1) is 16.9 Å². The van der Waals surface area contributed by atoms with Crippen LogP contribution in [0, 0.1) is 5.82 Å². The molecule has 34 heavy (non-hydrogen) atoms. The number of aromatic nitrogens is 4. The third kappa shape index (κ3) is 4.12. The summed E-state index contributed by atoms with van der Waals surface area (Å²) in [6.45, 7) is 4.12. The van der Waals surface area contributed by atoms with Gasteiger partial charge in [0.2, 0.25) is 5.88 Å². The van der Waals surface area contributed by atoms with Gasteiger partial charge in [-0.25, -0.2) is 4.39 Å². The van der Waals surface area contributed by atoms with Gasteiger partial charge in [0.25, 0.3) is 5.56 Å². The van der Waals surface area contributed by atoms with Gasteiger partial charge in [-0.3, -0.25) is 14.3 Å². The van der Waals surface area contributed by atoms with E-state index in [4.69, 9.17) is 9.47 Å². The van der Waals surface area contributed by atoms with E-state index in [0.29, 0.717) is 42.7 Å². The van der Waals surface area contributed by atoms with Crippen LogP contribution >= 0.6 is 11.8 Å². The maximum Gasteiger partial charge on any atom is 0.251 e. The second-order valence-electron chi connectivity index (χ2n) is 8.83. The highest BCUT2D eigenvalue weighted by Crippen LogP contribution is 2.33. The summed E-state index contributed by atoms with van der Waals surface area (Å²) in [5.41, 5.74) is 1.79. The Hall–Kier alpha value is -2.76. The first-order valence-corrected chi connectivity index (χ1v) is 12.5. The number of hydrogen-bond donors (Lipinski definition) is 1. The Morgan fingerprint density at radius 2 is 2.09 bits per heavy atom. The van der Waals surface area contributed by atoms with Gasteiger partial charge in [-0.2, -0.15) is 5.10 Å². The molecule has 0 unspecified atom stereocenters. The smallest absolute Gasteiger partial charge is 0.251 e. The highest BCUT2D eigenvalue weighted by molar-refractivity contribution is 7.99. The lowest BCUT2D eigenvalue weighted by Gasteiger charge is -2.36. The van der Waals surface area contributed by atoms with Gasteiger partial charge in [0, 0.05) is 31.0 Å². The molecule has 0 bridgehead atoms. The summed E-state index contributed by atoms with van der Waals surface area (Å²) in [5.74, 6) is 1.16. The molecule has 0 amide bonds. The number of rotatable bonds is 5. The minimum Gasteiger partial charge on any atom is -0.486 e. The predicted octanol–water partition coefficient (Wildman–Crippen LogP) is 2.00. The first-order chi connectivity index (χ1) is 16.7. The fraction of sp³-hybridized carbons (Fsp3) is 0.478. The Labute approximate surface area is 199 Å². The SMILES string of the molecule is O=c1ccc2ncc(F)c3c2n1[C@H](CN1CCC(NCc2cc4c(nn2)OCCS4)CC1)CO3. The van der Waals surface area contributed by atoms with Crippen LogP contribution in [0.2, 0.25) is 0 Å². The van der Waals surface area contributed by atoms with Crippen molar-refractivity contribution in [2.75, 3.05) is 38.6 Å². The lowest BCUT2D eigenvalue weighted by atomic mass is 10.0. The van der Waals surface area contributed by atoms with E-state index >= 15 is 0 Å². The van der Waals surface area contributed by atoms with Crippen molar-refractivity contribution in [2.45, 2.75) is 36.4 Å². The molecule has 3 aliphatic rings. The molecule has 0 aliphatic carbocycles. The van der Waals surface area contributed by atoms with E-state index in [1.54, 1.807) is 22.4 Å². The van der Waals surface area contributed by atoms with Gasteiger partial charge in [-0.1, -0.05) is 0 Å². The zero-order valence-corrected chi connectivity index (χ0v) is 19.4. The topological polar surface area (TPSA) is 94.4 Å². The van der Waals surface area contributed by atoms with Crippen LogP contribution in [-0.2, 0) is 6.54 Å². The summed E-state index contributed by atoms with van der Waals surface area (Å²) in [7, 11) is 0. The zero-order chi connectivity index (χ0) is 23.1. The van der Waals surface area contributed by atoms with E-state index < -0.39 is 5.82 Å². The third-order valence-corrected chi connectivity index (χ3v) is 7.60. The number of nitrogens with zero attached hydrogens (tertiary/aromatic N) is 5. The van der Waals surface area contributed by atoms with Gasteiger partial charge in [0.15, 0.2) is 11.6 Å². The summed E-state index contributed by atoms with van der Waals surface area (Å²) in [4.78, 5) is 20.2. The largest absolute Gasteiger partial charge is 0.486 e. The Morgan fingerprint density at radius 3 is 2.97 bits per heavy atom. The molecule has 1 saturated heterocycles. The number of nitrogens with one attached hydrogen (secondary N) is 1. The molecule has 9 nitrogen and oxygen atoms in total. The van der Waals surface area contributed by atoms with Crippen LogP contribution in [-0.4, -0.2) is 69.3 Å². The monoisotopic (exact) mass is 484 g/mol. The molecule has 0 spiro atoms. The van der Waals surface area contributed by atoms with Gasteiger partial charge in [-0.05, 0) is 38.1 Å². The molecule has 6 heterocycles. The Kier molecular flexibility index (Phi) is 5.84. The van der Waals surface area contributed by atoms with Crippen molar-refractivity contribution in [3.63, 3.8) is 0 Å². The lowest BCUT2D eigenvalue weighted by Crippen LogP contribution is -2.46. The molecule has 6 rings (SSSR count). The first-order valence-electron chi connectivity index (χ1n) is 11.6. The van der Waals surface area contributed by atoms with E-state index in [-0.39, 0.29) is 24.0 Å². The van der Waals surface area contributed by atoms with Crippen molar-refractivity contribution >= 4 is 22.8 Å². The second-order valence-corrected chi connectivity index (χ2v) is 9.97. The highest BCUT2D eigenvalue weighted by atomic mass is 32.2. The quantitative estimate of drug-likeness (QED) is 0.583. The number of piperidine rings is 1. The minimum absolute atomic E-state index is 0.122. The number of hydrogen-bond acceptors (Lipinski definition) is 9. The van der Waals surface area contributed by atoms with Crippen molar-refractivity contribution in [3.8, 4) is 11.6 Å². The van der Waals surface area contributed by atoms with Crippen LogP contribution < -0.4 is 20.3 Å². The molecular weight excluding hydrogens is 459 g/mol. The van der Waals surface area contributed by atoms with Crippen molar-refractivity contribution < 1.29 is 13.9 Å². The molecule has 3 aliphatic heterocycles. The average molecular weight is 485 g/mol. The van der Waals surface area contributed by atoms with E-state index in [1.807, 2.05) is 0 Å². The van der Waals surface area contributed by atoms with Crippen molar-refractivity contribution in [1.82, 2.24) is 30.0 Å². The number of likely N-dealkylation sites (tertiary alicyclic amines) is 1. The fourth-order valence-corrected chi connectivity index (χ4v) is 5.74. The van der Waals surface area contributed by atoms with Crippen LogP contribution in [0.4, 0.5) is 4.39 Å². The summed E-state index contributed by atoms with van der Waals surface area (Å²) in [5, 5.41) is 12.1. The molecule has 0 radical (unpaired) electrons. The van der Waals surface area contributed by atoms with E-state index in [2.05, 4.69) is 31.5 Å². The first kappa shape index (κ1) is 21.8. The van der Waals surface area contributed by atoms with Crippen LogP contribution in [0.25, 0.3) is 11.0 Å². The molecule has 1 fully saturated rings. The zero-order valence-electron chi connectivity index (χ0n) is 18.6. The normalized spacial score (nSPS) is 20.6. The highest BCUT2D eigenvalue weighted by Gasteiger charge is 2.29. The number of pyridine rings is 2. The van der Waals surface area contributed by atoms with Crippen molar-refractivity contribution in [2.24, 2.45) is 0 Å². The predicted molar refractivity (Wildman–Crippen MR) is 125 cm³/mol. The minimum atomic E-state index is -0.535. The Balaban J connectivity index is 1.07. The fourth-order valence-electron chi connectivity index (χ4n) is 4.91. The second kappa shape index (κ2) is 9.12. The lowest BCUT2D eigenvalue weighted by molar-refractivity contribution is 0.137. The van der Waals surface area contributed by atoms with E-state index in [1.165, 1.54) is 6.07 Å². The molecular formula is C23H25FN6O3S. The molecule has 3 aromatic rings. The number of thioether (sulfide) groups is 1. The maximum absolute atomic E-state index is 14.2. The van der Waals surface area contributed by atoms with Crippen LogP contribution in [0.3, 0.4) is 0 Å². The Bertz CT molecular complexity index is 1280. The average Bonchev–Trinajstić information content (AvgIpc) is 2.87.